The molecule has 174 valence electrons. The van der Waals surface area contributed by atoms with E-state index in [9.17, 15) is 14.4 Å². The van der Waals surface area contributed by atoms with Gasteiger partial charge in [0.25, 0.3) is 5.91 Å². The zero-order valence-corrected chi connectivity index (χ0v) is 19.2. The molecule has 2 aromatic carbocycles. The summed E-state index contributed by atoms with van der Waals surface area (Å²) in [7, 11) is 0. The van der Waals surface area contributed by atoms with Gasteiger partial charge in [-0.15, -0.1) is 0 Å². The number of hydrogen-bond donors (Lipinski definition) is 1. The number of hydrogen-bond acceptors (Lipinski definition) is 4. The third-order valence-electron chi connectivity index (χ3n) is 6.18. The first-order chi connectivity index (χ1) is 15.9. The molecule has 2 aromatic rings. The van der Waals surface area contributed by atoms with E-state index in [4.69, 9.17) is 4.74 Å². The monoisotopic (exact) mass is 449 g/mol. The maximum absolute atomic E-state index is 12.8. The van der Waals surface area contributed by atoms with E-state index in [1.807, 2.05) is 61.2 Å². The molecule has 4 rings (SSSR count). The van der Waals surface area contributed by atoms with Gasteiger partial charge in [0.15, 0.2) is 0 Å². The minimum absolute atomic E-state index is 0.00411. The van der Waals surface area contributed by atoms with Crippen molar-refractivity contribution in [3.63, 3.8) is 0 Å². The average Bonchev–Trinajstić information content (AvgIpc) is 3.17. The summed E-state index contributed by atoms with van der Waals surface area (Å²) >= 11 is 0. The van der Waals surface area contributed by atoms with Crippen molar-refractivity contribution in [3.8, 4) is 0 Å². The first kappa shape index (κ1) is 23.0. The fourth-order valence-electron chi connectivity index (χ4n) is 4.53. The zero-order valence-electron chi connectivity index (χ0n) is 19.2. The van der Waals surface area contributed by atoms with Crippen molar-refractivity contribution >= 4 is 17.7 Å². The molecule has 2 aliphatic rings. The number of carbonyl (C=O) groups excluding carboxylic acids is 3. The highest BCUT2D eigenvalue weighted by Crippen LogP contribution is 2.21. The van der Waals surface area contributed by atoms with Crippen molar-refractivity contribution in [2.24, 2.45) is 5.92 Å². The molecule has 2 aliphatic heterocycles. The van der Waals surface area contributed by atoms with Crippen molar-refractivity contribution in [2.75, 3.05) is 19.6 Å². The lowest BCUT2D eigenvalue weighted by Crippen LogP contribution is -2.48. The summed E-state index contributed by atoms with van der Waals surface area (Å²) in [4.78, 5) is 41.4. The van der Waals surface area contributed by atoms with Crippen LogP contribution in [0.5, 0.6) is 0 Å². The molecule has 0 saturated carbocycles. The third-order valence-corrected chi connectivity index (χ3v) is 6.18. The van der Waals surface area contributed by atoms with Crippen LogP contribution in [0.15, 0.2) is 54.6 Å². The summed E-state index contributed by atoms with van der Waals surface area (Å²) in [6, 6.07) is 17.1. The molecule has 33 heavy (non-hydrogen) atoms. The van der Waals surface area contributed by atoms with Gasteiger partial charge < -0.3 is 19.9 Å². The Labute approximate surface area is 194 Å². The van der Waals surface area contributed by atoms with Crippen molar-refractivity contribution in [2.45, 2.75) is 45.6 Å². The summed E-state index contributed by atoms with van der Waals surface area (Å²) in [6.45, 7) is 6.44. The highest BCUT2D eigenvalue weighted by atomic mass is 16.5. The molecule has 3 unspecified atom stereocenters. The minimum Gasteiger partial charge on any atom is -0.372 e. The molecule has 2 saturated heterocycles. The predicted molar refractivity (Wildman–Crippen MR) is 124 cm³/mol. The Hall–Kier alpha value is -3.19. The molecule has 2 heterocycles. The molecule has 0 spiro atoms. The number of amides is 3. The molecule has 3 amide bonds. The first-order valence-electron chi connectivity index (χ1n) is 11.5. The molecule has 0 aliphatic carbocycles. The van der Waals surface area contributed by atoms with Crippen LogP contribution in [0.2, 0.25) is 0 Å². The Morgan fingerprint density at radius 2 is 1.61 bits per heavy atom. The van der Waals surface area contributed by atoms with Crippen LogP contribution >= 0.6 is 0 Å². The minimum atomic E-state index is -0.340. The smallest absolute Gasteiger partial charge is 0.254 e. The lowest BCUT2D eigenvalue weighted by Gasteiger charge is -2.35. The molecule has 0 bridgehead atoms. The van der Waals surface area contributed by atoms with Crippen LogP contribution in [-0.2, 0) is 27.4 Å². The van der Waals surface area contributed by atoms with Gasteiger partial charge in [-0.1, -0.05) is 42.5 Å². The van der Waals surface area contributed by atoms with Crippen molar-refractivity contribution < 1.29 is 19.1 Å². The van der Waals surface area contributed by atoms with Crippen LogP contribution in [0, 0.1) is 5.92 Å². The quantitative estimate of drug-likeness (QED) is 0.735. The van der Waals surface area contributed by atoms with Crippen LogP contribution in [0.25, 0.3) is 0 Å². The first-order valence-corrected chi connectivity index (χ1v) is 11.5. The molecule has 7 heteroatoms. The van der Waals surface area contributed by atoms with Gasteiger partial charge in [-0.3, -0.25) is 14.4 Å². The maximum atomic E-state index is 12.8. The van der Waals surface area contributed by atoms with Gasteiger partial charge in [-0.2, -0.15) is 0 Å². The second-order valence-electron chi connectivity index (χ2n) is 9.04. The third kappa shape index (κ3) is 5.79. The number of likely N-dealkylation sites (tertiary alicyclic amines) is 1. The van der Waals surface area contributed by atoms with E-state index in [2.05, 4.69) is 5.32 Å². The van der Waals surface area contributed by atoms with Gasteiger partial charge in [0.2, 0.25) is 11.8 Å². The van der Waals surface area contributed by atoms with Gasteiger partial charge >= 0.3 is 0 Å². The van der Waals surface area contributed by atoms with Crippen molar-refractivity contribution in [1.29, 1.82) is 0 Å². The molecular formula is C26H31N3O4. The van der Waals surface area contributed by atoms with Gasteiger partial charge in [-0.05, 0) is 37.1 Å². The number of rotatable bonds is 6. The highest BCUT2D eigenvalue weighted by Gasteiger charge is 2.34. The Morgan fingerprint density at radius 1 is 0.939 bits per heavy atom. The van der Waals surface area contributed by atoms with E-state index < -0.39 is 0 Å². The Morgan fingerprint density at radius 3 is 2.27 bits per heavy atom. The van der Waals surface area contributed by atoms with E-state index in [1.54, 1.807) is 17.0 Å². The summed E-state index contributed by atoms with van der Waals surface area (Å²) in [6.07, 6.45) is 0.291. The van der Waals surface area contributed by atoms with Gasteiger partial charge in [0, 0.05) is 44.7 Å². The van der Waals surface area contributed by atoms with Crippen LogP contribution in [0.4, 0.5) is 0 Å². The standard InChI is InChI=1S/C26H31N3O4/c1-18-14-29(15-19(2)33-18)26(32)22-10-8-20(9-11-22)13-27-25(31)23-12-24(30)28(17-23)16-21-6-4-3-5-7-21/h3-11,18-19,23H,12-17H2,1-2H3,(H,27,31). The van der Waals surface area contributed by atoms with E-state index in [1.165, 1.54) is 0 Å². The number of carbonyl (C=O) groups is 3. The van der Waals surface area contributed by atoms with Crippen LogP contribution < -0.4 is 5.32 Å². The Kier molecular flexibility index (Phi) is 7.08. The van der Waals surface area contributed by atoms with Gasteiger partial charge in [0.05, 0.1) is 18.1 Å². The fraction of sp³-hybridized carbons (Fsp3) is 0.423. The average molecular weight is 450 g/mol. The SMILES string of the molecule is CC1CN(C(=O)c2ccc(CNC(=O)C3CC(=O)N(Cc4ccccc4)C3)cc2)CC(C)O1. The molecular weight excluding hydrogens is 418 g/mol. The fourth-order valence-corrected chi connectivity index (χ4v) is 4.53. The number of benzene rings is 2. The van der Waals surface area contributed by atoms with Crippen molar-refractivity contribution in [3.05, 3.63) is 71.3 Å². The van der Waals surface area contributed by atoms with E-state index in [-0.39, 0.29) is 42.3 Å². The largest absolute Gasteiger partial charge is 0.372 e. The molecule has 7 nitrogen and oxygen atoms in total. The second-order valence-corrected chi connectivity index (χ2v) is 9.04. The Bertz CT molecular complexity index is 982. The van der Waals surface area contributed by atoms with Crippen LogP contribution in [-0.4, -0.2) is 59.4 Å². The van der Waals surface area contributed by atoms with E-state index >= 15 is 0 Å². The lowest BCUT2D eigenvalue weighted by atomic mass is 10.1. The maximum Gasteiger partial charge on any atom is 0.254 e. The summed E-state index contributed by atoms with van der Waals surface area (Å²) < 4.78 is 5.70. The number of ether oxygens (including phenoxy) is 1. The summed E-state index contributed by atoms with van der Waals surface area (Å²) in [5.41, 5.74) is 2.60. The van der Waals surface area contributed by atoms with Crippen molar-refractivity contribution in [1.82, 2.24) is 15.1 Å². The lowest BCUT2D eigenvalue weighted by molar-refractivity contribution is -0.129. The van der Waals surface area contributed by atoms with Gasteiger partial charge in [0.1, 0.15) is 0 Å². The number of morpholine rings is 1. The number of nitrogens with zero attached hydrogens (tertiary/aromatic N) is 2. The molecule has 0 radical (unpaired) electrons. The highest BCUT2D eigenvalue weighted by molar-refractivity contribution is 5.94. The van der Waals surface area contributed by atoms with E-state index in [0.29, 0.717) is 38.3 Å². The van der Waals surface area contributed by atoms with Crippen LogP contribution in [0.3, 0.4) is 0 Å². The Balaban J connectivity index is 1.27. The second kappa shape index (κ2) is 10.2. The van der Waals surface area contributed by atoms with E-state index in [0.717, 1.165) is 11.1 Å². The molecule has 1 N–H and O–H groups in total. The zero-order chi connectivity index (χ0) is 23.4. The normalized spacial score (nSPS) is 23.0. The van der Waals surface area contributed by atoms with Crippen LogP contribution in [0.1, 0.15) is 41.8 Å². The molecule has 2 fully saturated rings. The summed E-state index contributed by atoms with van der Waals surface area (Å²) in [5.74, 6) is -0.452. The molecule has 3 atom stereocenters. The number of nitrogens with one attached hydrogen (secondary N) is 1. The predicted octanol–water partition coefficient (Wildman–Crippen LogP) is 2.60. The topological polar surface area (TPSA) is 79.0 Å². The molecule has 0 aromatic heterocycles. The summed E-state index contributed by atoms with van der Waals surface area (Å²) in [5, 5.41) is 2.94. The van der Waals surface area contributed by atoms with Gasteiger partial charge in [-0.25, -0.2) is 0 Å².